The number of benzene rings is 2. The Balaban J connectivity index is 1.99. The second-order valence-electron chi connectivity index (χ2n) is 5.78. The lowest BCUT2D eigenvalue weighted by atomic mass is 10.1. The molecule has 0 saturated heterocycles. The highest BCUT2D eigenvalue weighted by molar-refractivity contribution is 5.96. The van der Waals surface area contributed by atoms with Gasteiger partial charge in [-0.1, -0.05) is 60.7 Å². The summed E-state index contributed by atoms with van der Waals surface area (Å²) < 4.78 is 5.19. The topological polar surface area (TPSA) is 64.1 Å². The maximum atomic E-state index is 12.4. The normalized spacial score (nSPS) is 10.4. The van der Waals surface area contributed by atoms with Crippen molar-refractivity contribution in [3.05, 3.63) is 77.5 Å². The summed E-state index contributed by atoms with van der Waals surface area (Å²) in [6, 6.07) is 19.7. The van der Waals surface area contributed by atoms with Crippen molar-refractivity contribution in [2.75, 3.05) is 11.9 Å². The lowest BCUT2D eigenvalue weighted by Crippen LogP contribution is -2.15. The van der Waals surface area contributed by atoms with Gasteiger partial charge in [-0.2, -0.15) is 0 Å². The van der Waals surface area contributed by atoms with Gasteiger partial charge in [0.2, 0.25) is 0 Å². The maximum Gasteiger partial charge on any atom is 0.343 e. The van der Waals surface area contributed by atoms with Crippen LogP contribution in [0.1, 0.15) is 28.5 Å². The average molecular weight is 347 g/mol. The van der Waals surface area contributed by atoms with Gasteiger partial charge in [0.05, 0.1) is 12.3 Å². The molecule has 0 unspecified atom stereocenters. The van der Waals surface area contributed by atoms with Crippen LogP contribution in [0.5, 0.6) is 0 Å². The smallest absolute Gasteiger partial charge is 0.343 e. The second kappa shape index (κ2) is 8.25. The molecule has 0 amide bonds. The van der Waals surface area contributed by atoms with Gasteiger partial charge in [0.1, 0.15) is 11.4 Å². The number of anilines is 1. The number of aryl methyl sites for hydroxylation is 1. The molecular weight excluding hydrogens is 326 g/mol. The number of hydrogen-bond donors (Lipinski definition) is 1. The molecule has 0 radical (unpaired) electrons. The maximum absolute atomic E-state index is 12.4. The van der Waals surface area contributed by atoms with E-state index in [9.17, 15) is 4.79 Å². The number of ether oxygens (including phenoxy) is 1. The van der Waals surface area contributed by atoms with Crippen LogP contribution >= 0.6 is 0 Å². The minimum atomic E-state index is -0.417. The summed E-state index contributed by atoms with van der Waals surface area (Å²) in [5, 5.41) is 3.27. The molecule has 1 aromatic heterocycles. The third kappa shape index (κ3) is 4.06. The minimum Gasteiger partial charge on any atom is -0.462 e. The Kier molecular flexibility index (Phi) is 5.59. The quantitative estimate of drug-likeness (QED) is 0.676. The summed E-state index contributed by atoms with van der Waals surface area (Å²) in [5.74, 6) is 0.644. The van der Waals surface area contributed by atoms with Gasteiger partial charge in [-0.25, -0.2) is 14.8 Å². The molecule has 5 heteroatoms. The lowest BCUT2D eigenvalue weighted by Gasteiger charge is -2.14. The predicted octanol–water partition coefficient (Wildman–Crippen LogP) is 4.24. The molecule has 0 atom stereocenters. The highest BCUT2D eigenvalue weighted by Crippen LogP contribution is 2.23. The van der Waals surface area contributed by atoms with Crippen molar-refractivity contribution in [1.82, 2.24) is 9.97 Å². The van der Waals surface area contributed by atoms with Crippen LogP contribution in [-0.4, -0.2) is 22.5 Å². The summed E-state index contributed by atoms with van der Waals surface area (Å²) in [7, 11) is 0. The van der Waals surface area contributed by atoms with Crippen molar-refractivity contribution in [1.29, 1.82) is 0 Å². The summed E-state index contributed by atoms with van der Waals surface area (Å²) in [6.07, 6.45) is 0. The van der Waals surface area contributed by atoms with Crippen molar-refractivity contribution < 1.29 is 9.53 Å². The number of nitrogens with zero attached hydrogens (tertiary/aromatic N) is 2. The summed E-state index contributed by atoms with van der Waals surface area (Å²) in [5.41, 5.74) is 2.96. The van der Waals surface area contributed by atoms with Crippen LogP contribution in [0.2, 0.25) is 0 Å². The SMILES string of the molecule is CCOC(=O)c1c(C)nc(-c2ccccc2)nc1NCc1ccccc1. The molecule has 3 aromatic rings. The van der Waals surface area contributed by atoms with E-state index >= 15 is 0 Å². The van der Waals surface area contributed by atoms with Gasteiger partial charge in [-0.05, 0) is 19.4 Å². The summed E-state index contributed by atoms with van der Waals surface area (Å²) in [6.45, 7) is 4.44. The highest BCUT2D eigenvalue weighted by Gasteiger charge is 2.20. The molecule has 0 spiro atoms. The van der Waals surface area contributed by atoms with E-state index in [0.29, 0.717) is 36.1 Å². The van der Waals surface area contributed by atoms with Crippen LogP contribution in [-0.2, 0) is 11.3 Å². The Bertz CT molecular complexity index is 881. The van der Waals surface area contributed by atoms with Crippen molar-refractivity contribution in [3.8, 4) is 11.4 Å². The molecule has 5 nitrogen and oxygen atoms in total. The van der Waals surface area contributed by atoms with E-state index in [4.69, 9.17) is 4.74 Å². The average Bonchev–Trinajstić information content (AvgIpc) is 2.67. The van der Waals surface area contributed by atoms with E-state index in [1.807, 2.05) is 60.7 Å². The van der Waals surface area contributed by atoms with E-state index in [2.05, 4.69) is 15.3 Å². The van der Waals surface area contributed by atoms with Crippen LogP contribution in [0.3, 0.4) is 0 Å². The zero-order valence-electron chi connectivity index (χ0n) is 14.9. The molecule has 0 fully saturated rings. The summed E-state index contributed by atoms with van der Waals surface area (Å²) in [4.78, 5) is 21.5. The van der Waals surface area contributed by atoms with E-state index in [1.165, 1.54) is 0 Å². The molecule has 0 bridgehead atoms. The van der Waals surface area contributed by atoms with Gasteiger partial charge in [-0.15, -0.1) is 0 Å². The van der Waals surface area contributed by atoms with Crippen molar-refractivity contribution >= 4 is 11.8 Å². The number of carbonyl (C=O) groups excluding carboxylic acids is 1. The Hall–Kier alpha value is -3.21. The first-order valence-electron chi connectivity index (χ1n) is 8.58. The van der Waals surface area contributed by atoms with E-state index < -0.39 is 5.97 Å². The first-order chi connectivity index (χ1) is 12.7. The molecule has 0 aliphatic rings. The molecular formula is C21H21N3O2. The summed E-state index contributed by atoms with van der Waals surface area (Å²) >= 11 is 0. The largest absolute Gasteiger partial charge is 0.462 e. The van der Waals surface area contributed by atoms with E-state index in [1.54, 1.807) is 13.8 Å². The molecule has 132 valence electrons. The van der Waals surface area contributed by atoms with Crippen LogP contribution in [0, 0.1) is 6.92 Å². The standard InChI is InChI=1S/C21H21N3O2/c1-3-26-21(25)18-15(2)23-19(17-12-8-5-9-13-17)24-20(18)22-14-16-10-6-4-7-11-16/h4-13H,3,14H2,1-2H3,(H,22,23,24). The van der Waals surface area contributed by atoms with Crippen molar-refractivity contribution in [2.24, 2.45) is 0 Å². The number of aromatic nitrogens is 2. The number of rotatable bonds is 6. The van der Waals surface area contributed by atoms with Crippen molar-refractivity contribution in [2.45, 2.75) is 20.4 Å². The Morgan fingerprint density at radius 3 is 2.31 bits per heavy atom. The molecule has 0 saturated carbocycles. The van der Waals surface area contributed by atoms with E-state index in [0.717, 1.165) is 11.1 Å². The Labute approximate surface area is 153 Å². The third-order valence-corrected chi connectivity index (χ3v) is 3.90. The Morgan fingerprint density at radius 1 is 1.00 bits per heavy atom. The first-order valence-corrected chi connectivity index (χ1v) is 8.58. The van der Waals surface area contributed by atoms with E-state index in [-0.39, 0.29) is 0 Å². The van der Waals surface area contributed by atoms with Gasteiger partial charge in [0.25, 0.3) is 0 Å². The molecule has 0 aliphatic heterocycles. The zero-order valence-corrected chi connectivity index (χ0v) is 14.9. The minimum absolute atomic E-state index is 0.302. The predicted molar refractivity (Wildman–Crippen MR) is 102 cm³/mol. The number of nitrogens with one attached hydrogen (secondary N) is 1. The van der Waals surface area contributed by atoms with Gasteiger partial charge in [0, 0.05) is 12.1 Å². The van der Waals surface area contributed by atoms with Gasteiger partial charge in [-0.3, -0.25) is 0 Å². The number of carbonyl (C=O) groups is 1. The molecule has 3 rings (SSSR count). The fourth-order valence-electron chi connectivity index (χ4n) is 2.65. The van der Waals surface area contributed by atoms with Crippen LogP contribution < -0.4 is 5.32 Å². The number of hydrogen-bond acceptors (Lipinski definition) is 5. The fourth-order valence-corrected chi connectivity index (χ4v) is 2.65. The number of esters is 1. The monoisotopic (exact) mass is 347 g/mol. The molecule has 2 aromatic carbocycles. The molecule has 1 N–H and O–H groups in total. The zero-order chi connectivity index (χ0) is 18.4. The molecule has 26 heavy (non-hydrogen) atoms. The van der Waals surface area contributed by atoms with Gasteiger partial charge < -0.3 is 10.1 Å². The van der Waals surface area contributed by atoms with Gasteiger partial charge in [0.15, 0.2) is 5.82 Å². The third-order valence-electron chi connectivity index (χ3n) is 3.90. The fraction of sp³-hybridized carbons (Fsp3) is 0.190. The van der Waals surface area contributed by atoms with Gasteiger partial charge >= 0.3 is 5.97 Å². The lowest BCUT2D eigenvalue weighted by molar-refractivity contribution is 0.0525. The Morgan fingerprint density at radius 2 is 1.65 bits per heavy atom. The van der Waals surface area contributed by atoms with Crippen LogP contribution in [0.4, 0.5) is 5.82 Å². The second-order valence-corrected chi connectivity index (χ2v) is 5.78. The first kappa shape index (κ1) is 17.6. The van der Waals surface area contributed by atoms with Crippen LogP contribution in [0.25, 0.3) is 11.4 Å². The van der Waals surface area contributed by atoms with Crippen LogP contribution in [0.15, 0.2) is 60.7 Å². The highest BCUT2D eigenvalue weighted by atomic mass is 16.5. The van der Waals surface area contributed by atoms with Crippen molar-refractivity contribution in [3.63, 3.8) is 0 Å². The molecule has 1 heterocycles. The molecule has 0 aliphatic carbocycles.